The molecular weight excluding hydrogens is 888 g/mol. The molecule has 0 bridgehead atoms. The first kappa shape index (κ1) is 50.7. The van der Waals surface area contributed by atoms with Crippen LogP contribution in [0.15, 0.2) is 96.6 Å². The summed E-state index contributed by atoms with van der Waals surface area (Å²) in [4.78, 5) is 6.91. The van der Waals surface area contributed by atoms with Gasteiger partial charge < -0.3 is 9.80 Å². The second-order valence-electron chi connectivity index (χ2n) is 28.3. The van der Waals surface area contributed by atoms with Crippen molar-refractivity contribution < 1.29 is 0 Å². The average molecular weight is 973 g/mol. The van der Waals surface area contributed by atoms with Crippen molar-refractivity contribution in [2.75, 3.05) is 9.80 Å². The first-order chi connectivity index (χ1) is 33.4. The van der Waals surface area contributed by atoms with Crippen LogP contribution in [-0.4, -0.2) is 6.71 Å². The first-order valence-corrected chi connectivity index (χ1v) is 28.4. The molecule has 0 N–H and O–H groups in total. The molecule has 2 aliphatic carbocycles. The van der Waals surface area contributed by atoms with Crippen LogP contribution in [0.3, 0.4) is 0 Å². The van der Waals surface area contributed by atoms with Crippen molar-refractivity contribution >= 4 is 74.0 Å². The Hall–Kier alpha value is -4.80. The van der Waals surface area contributed by atoms with Crippen LogP contribution < -0.4 is 25.5 Å². The average Bonchev–Trinajstić information content (AvgIpc) is 3.62. The molecule has 72 heavy (non-hydrogen) atoms. The highest BCUT2D eigenvalue weighted by atomic mass is 32.1. The topological polar surface area (TPSA) is 6.48 Å². The third kappa shape index (κ3) is 8.28. The fourth-order valence-electron chi connectivity index (χ4n) is 13.0. The molecule has 2 nitrogen and oxygen atoms in total. The normalized spacial score (nSPS) is 18.5. The van der Waals surface area contributed by atoms with Crippen LogP contribution in [0.5, 0.6) is 0 Å². The number of fused-ring (bicyclic) bond motifs is 6. The van der Waals surface area contributed by atoms with E-state index in [1.807, 2.05) is 0 Å². The summed E-state index contributed by atoms with van der Waals surface area (Å²) in [5.74, 6) is 0. The minimum atomic E-state index is -0.130. The fraction of sp³-hybridized carbons (Fsp3) is 0.471. The summed E-state index contributed by atoms with van der Waals surface area (Å²) in [6, 6.07) is 37.0. The predicted octanol–water partition coefficient (Wildman–Crippen LogP) is 18.3. The number of hydrogen-bond donors (Lipinski definition) is 0. The van der Waals surface area contributed by atoms with Crippen LogP contribution in [0.1, 0.15) is 207 Å². The van der Waals surface area contributed by atoms with E-state index < -0.39 is 0 Å². The van der Waals surface area contributed by atoms with E-state index in [2.05, 4.69) is 250 Å². The molecule has 0 fully saturated rings. The number of aryl methyl sites for hydroxylation is 1. The van der Waals surface area contributed by atoms with Gasteiger partial charge in [0.2, 0.25) is 0 Å². The maximum Gasteiger partial charge on any atom is 0.264 e. The maximum absolute atomic E-state index is 2.80. The Labute approximate surface area is 440 Å². The molecule has 376 valence electrons. The monoisotopic (exact) mass is 973 g/mol. The number of thiophene rings is 1. The lowest BCUT2D eigenvalue weighted by atomic mass is 9.35. The van der Waals surface area contributed by atoms with E-state index >= 15 is 0 Å². The highest BCUT2D eigenvalue weighted by molar-refractivity contribution is 7.29. The smallest absolute Gasteiger partial charge is 0.264 e. The van der Waals surface area contributed by atoms with Gasteiger partial charge in [0.05, 0.1) is 11.4 Å². The lowest BCUT2D eigenvalue weighted by molar-refractivity contribution is 0.332. The molecule has 4 aliphatic rings. The number of nitrogens with zero attached hydrogens (tertiary/aromatic N) is 2. The largest absolute Gasteiger partial charge is 0.311 e. The Balaban J connectivity index is 1.41. The number of hydrogen-bond acceptors (Lipinski definition) is 3. The van der Waals surface area contributed by atoms with Crippen LogP contribution in [0, 0.1) is 12.3 Å². The van der Waals surface area contributed by atoms with Crippen molar-refractivity contribution in [1.29, 1.82) is 0 Å². The number of rotatable bonds is 6. The quantitative estimate of drug-likeness (QED) is 0.153. The van der Waals surface area contributed by atoms with Crippen molar-refractivity contribution in [3.05, 3.63) is 140 Å². The molecule has 0 atom stereocenters. The molecule has 1 aromatic heterocycles. The van der Waals surface area contributed by atoms with E-state index in [-0.39, 0.29) is 44.6 Å². The Kier molecular flexibility index (Phi) is 11.9. The van der Waals surface area contributed by atoms with Crippen molar-refractivity contribution in [2.45, 2.75) is 203 Å². The minimum absolute atomic E-state index is 0.0253. The summed E-state index contributed by atoms with van der Waals surface area (Å²) < 4.78 is 1.46. The highest BCUT2D eigenvalue weighted by Gasteiger charge is 2.49. The standard InChI is InChI=1S/C68H85BN2S/c1-20-24-45(63(6,7)8)35-48-42(2)72-61-60(48)70(47-29-27-44(28-30-47)62(3,4)5)57-36-46(64(9,10)11)37-58-59(57)69(61)54-39-51-53(68(18,19)34-32-66(51,14)15)41-56(54)71(58)55-40-52-50(65(12,13)31-33-67(52,16)17)38-49(55)43-25-22-21-23-26-43/h21-23,25-30,35-41H,20,24,31-34H2,1-19H3/b45-35+. The third-order valence-corrected chi connectivity index (χ3v) is 19.2. The third-order valence-electron chi connectivity index (χ3n) is 18.0. The van der Waals surface area contributed by atoms with E-state index in [4.69, 9.17) is 0 Å². The van der Waals surface area contributed by atoms with Crippen LogP contribution in [0.25, 0.3) is 17.2 Å². The zero-order valence-corrected chi connectivity index (χ0v) is 48.7. The minimum Gasteiger partial charge on any atom is -0.311 e. The van der Waals surface area contributed by atoms with E-state index in [0.29, 0.717) is 0 Å². The van der Waals surface area contributed by atoms with Gasteiger partial charge >= 0.3 is 0 Å². The van der Waals surface area contributed by atoms with Crippen molar-refractivity contribution in [3.8, 4) is 11.1 Å². The molecule has 0 amide bonds. The summed E-state index contributed by atoms with van der Waals surface area (Å²) in [6.07, 6.45) is 9.52. The Bertz CT molecular complexity index is 3150. The van der Waals surface area contributed by atoms with E-state index in [0.717, 1.165) is 19.3 Å². The van der Waals surface area contributed by atoms with Gasteiger partial charge in [0.1, 0.15) is 0 Å². The van der Waals surface area contributed by atoms with E-state index in [1.165, 1.54) is 130 Å². The van der Waals surface area contributed by atoms with Crippen LogP contribution in [0.4, 0.5) is 34.1 Å². The summed E-state index contributed by atoms with van der Waals surface area (Å²) in [5, 5.41) is 0. The predicted molar refractivity (Wildman–Crippen MR) is 319 cm³/mol. The summed E-state index contributed by atoms with van der Waals surface area (Å²) in [6.45, 7) is 46.3. The molecule has 0 unspecified atom stereocenters. The Morgan fingerprint density at radius 3 is 1.60 bits per heavy atom. The number of allylic oxidation sites excluding steroid dienone is 1. The lowest BCUT2D eigenvalue weighted by Gasteiger charge is -2.48. The van der Waals surface area contributed by atoms with Gasteiger partial charge in [-0.25, -0.2) is 0 Å². The molecule has 5 aromatic carbocycles. The van der Waals surface area contributed by atoms with Gasteiger partial charge in [-0.1, -0.05) is 191 Å². The van der Waals surface area contributed by atoms with Crippen molar-refractivity contribution in [3.63, 3.8) is 0 Å². The van der Waals surface area contributed by atoms with Gasteiger partial charge in [-0.2, -0.15) is 11.3 Å². The maximum atomic E-state index is 2.80. The lowest BCUT2D eigenvalue weighted by Crippen LogP contribution is -2.61. The zero-order valence-electron chi connectivity index (χ0n) is 47.9. The van der Waals surface area contributed by atoms with Gasteiger partial charge in [-0.3, -0.25) is 0 Å². The second kappa shape index (κ2) is 16.9. The molecule has 0 radical (unpaired) electrons. The van der Waals surface area contributed by atoms with Gasteiger partial charge in [-0.15, -0.1) is 0 Å². The van der Waals surface area contributed by atoms with Gasteiger partial charge in [0.25, 0.3) is 6.71 Å². The molecular formula is C68H85BN2S. The SMILES string of the molecule is CCC/C(=C\c1c(C)sc2c1N(c1ccc(C(C)(C)C)cc1)c1cc(C(C)(C)C)cc3c1B2c1cc2c(cc1N3c1cc3c(cc1-c1ccccc1)C(C)(C)CCC3(C)C)C(C)(C)CCC2(C)C)C(C)(C)C. The molecule has 0 spiro atoms. The molecule has 2 aliphatic heterocycles. The fourth-order valence-corrected chi connectivity index (χ4v) is 14.2. The van der Waals surface area contributed by atoms with Crippen molar-refractivity contribution in [2.24, 2.45) is 5.41 Å². The van der Waals surface area contributed by atoms with Crippen molar-refractivity contribution in [1.82, 2.24) is 0 Å². The highest BCUT2D eigenvalue weighted by Crippen LogP contribution is 2.56. The molecule has 0 saturated carbocycles. The molecule has 6 aromatic rings. The Morgan fingerprint density at radius 2 is 1.08 bits per heavy atom. The second-order valence-corrected chi connectivity index (χ2v) is 29.6. The summed E-state index contributed by atoms with van der Waals surface area (Å²) in [5.41, 5.74) is 25.1. The number of benzene rings is 5. The molecule has 3 heterocycles. The van der Waals surface area contributed by atoms with Gasteiger partial charge in [0, 0.05) is 43.5 Å². The summed E-state index contributed by atoms with van der Waals surface area (Å²) in [7, 11) is 0. The Morgan fingerprint density at radius 1 is 0.583 bits per heavy atom. The molecule has 10 rings (SSSR count). The molecule has 0 saturated heterocycles. The molecule has 4 heteroatoms. The van der Waals surface area contributed by atoms with Gasteiger partial charge in [-0.05, 0) is 169 Å². The van der Waals surface area contributed by atoms with E-state index in [1.54, 1.807) is 0 Å². The van der Waals surface area contributed by atoms with Crippen LogP contribution >= 0.6 is 11.3 Å². The first-order valence-electron chi connectivity index (χ1n) is 27.6. The number of anilines is 6. The van der Waals surface area contributed by atoms with E-state index in [9.17, 15) is 0 Å². The van der Waals surface area contributed by atoms with Crippen LogP contribution in [0.2, 0.25) is 0 Å². The van der Waals surface area contributed by atoms with Gasteiger partial charge in [0.15, 0.2) is 0 Å². The zero-order chi connectivity index (χ0) is 52.0. The van der Waals surface area contributed by atoms with Crippen LogP contribution in [-0.2, 0) is 32.5 Å². The summed E-state index contributed by atoms with van der Waals surface area (Å²) >= 11 is 2.05.